The molecule has 1 atom stereocenters. The van der Waals surface area contributed by atoms with E-state index >= 15 is 0 Å². The van der Waals surface area contributed by atoms with Crippen LogP contribution in [-0.4, -0.2) is 30.7 Å². The molecule has 0 aromatic carbocycles. The minimum absolute atomic E-state index is 0.699. The fourth-order valence-electron chi connectivity index (χ4n) is 3.28. The van der Waals surface area contributed by atoms with Gasteiger partial charge in [0.2, 0.25) is 0 Å². The van der Waals surface area contributed by atoms with Gasteiger partial charge in [-0.25, -0.2) is 0 Å². The van der Waals surface area contributed by atoms with Crippen molar-refractivity contribution in [2.45, 2.75) is 76.8 Å². The van der Waals surface area contributed by atoms with Gasteiger partial charge in [-0.3, -0.25) is 4.90 Å². The predicted octanol–water partition coefficient (Wildman–Crippen LogP) is 3.52. The van der Waals surface area contributed by atoms with Crippen LogP contribution in [0.3, 0.4) is 0 Å². The number of nitrogens with one attached hydrogen (secondary N) is 1. The number of hydrogen-bond acceptors (Lipinski definition) is 2. The van der Waals surface area contributed by atoms with Crippen LogP contribution in [0.2, 0.25) is 0 Å². The third-order valence-electron chi connectivity index (χ3n) is 4.37. The standard InChI is InChI=1S/C15H30N2/c1-2-4-6-8-11-15-16-12-10-14-17(15)13-9-7-5-3-1/h15-16H,1-14H2. The molecular formula is C15H30N2. The molecule has 2 saturated heterocycles. The molecule has 0 bridgehead atoms. The third kappa shape index (κ3) is 4.97. The second kappa shape index (κ2) is 8.10. The van der Waals surface area contributed by atoms with Crippen molar-refractivity contribution in [2.75, 3.05) is 19.6 Å². The smallest absolute Gasteiger partial charge is 0.0597 e. The molecule has 2 nitrogen and oxygen atoms in total. The van der Waals surface area contributed by atoms with E-state index in [1.54, 1.807) is 0 Å². The number of rotatable bonds is 0. The maximum absolute atomic E-state index is 3.71. The maximum atomic E-state index is 3.71. The lowest BCUT2D eigenvalue weighted by atomic mass is 10.1. The van der Waals surface area contributed by atoms with E-state index in [1.807, 2.05) is 0 Å². The molecule has 0 amide bonds. The Balaban J connectivity index is 1.78. The van der Waals surface area contributed by atoms with E-state index in [2.05, 4.69) is 10.2 Å². The average Bonchev–Trinajstić information content (AvgIpc) is 2.38. The lowest BCUT2D eigenvalue weighted by Gasteiger charge is -2.36. The Morgan fingerprint density at radius 1 is 0.647 bits per heavy atom. The van der Waals surface area contributed by atoms with Gasteiger partial charge in [0.05, 0.1) is 6.17 Å². The Labute approximate surface area is 107 Å². The van der Waals surface area contributed by atoms with Gasteiger partial charge in [-0.2, -0.15) is 0 Å². The van der Waals surface area contributed by atoms with Crippen molar-refractivity contribution in [2.24, 2.45) is 0 Å². The molecule has 1 unspecified atom stereocenters. The summed E-state index contributed by atoms with van der Waals surface area (Å²) in [4.78, 5) is 2.71. The van der Waals surface area contributed by atoms with Gasteiger partial charge < -0.3 is 5.32 Å². The fraction of sp³-hybridized carbons (Fsp3) is 1.00. The van der Waals surface area contributed by atoms with Crippen LogP contribution >= 0.6 is 0 Å². The molecule has 17 heavy (non-hydrogen) atoms. The summed E-state index contributed by atoms with van der Waals surface area (Å²) in [7, 11) is 0. The highest BCUT2D eigenvalue weighted by molar-refractivity contribution is 4.75. The maximum Gasteiger partial charge on any atom is 0.0597 e. The number of nitrogens with zero attached hydrogens (tertiary/aromatic N) is 1. The van der Waals surface area contributed by atoms with Crippen LogP contribution in [0, 0.1) is 0 Å². The largest absolute Gasteiger partial charge is 0.302 e. The first-order valence-electron chi connectivity index (χ1n) is 7.94. The van der Waals surface area contributed by atoms with E-state index < -0.39 is 0 Å². The second-order valence-corrected chi connectivity index (χ2v) is 5.83. The highest BCUT2D eigenvalue weighted by Crippen LogP contribution is 2.17. The van der Waals surface area contributed by atoms with Crippen LogP contribution in [0.15, 0.2) is 0 Å². The number of fused-ring (bicyclic) bond motifs is 1. The van der Waals surface area contributed by atoms with Crippen molar-refractivity contribution >= 4 is 0 Å². The first kappa shape index (κ1) is 13.4. The van der Waals surface area contributed by atoms with Crippen LogP contribution in [0.1, 0.15) is 70.6 Å². The second-order valence-electron chi connectivity index (χ2n) is 5.83. The van der Waals surface area contributed by atoms with E-state index in [0.717, 1.165) is 0 Å². The third-order valence-corrected chi connectivity index (χ3v) is 4.37. The van der Waals surface area contributed by atoms with Crippen molar-refractivity contribution in [3.8, 4) is 0 Å². The first-order valence-corrected chi connectivity index (χ1v) is 7.94. The lowest BCUT2D eigenvalue weighted by Crippen LogP contribution is -2.51. The van der Waals surface area contributed by atoms with Crippen LogP contribution in [-0.2, 0) is 0 Å². The molecule has 2 heterocycles. The van der Waals surface area contributed by atoms with Gasteiger partial charge in [-0.1, -0.05) is 51.4 Å². The molecule has 1 N–H and O–H groups in total. The fourth-order valence-corrected chi connectivity index (χ4v) is 3.28. The van der Waals surface area contributed by atoms with Crippen LogP contribution in [0.5, 0.6) is 0 Å². The molecule has 0 aliphatic carbocycles. The van der Waals surface area contributed by atoms with Crippen molar-refractivity contribution < 1.29 is 0 Å². The molecular weight excluding hydrogens is 208 g/mol. The molecule has 100 valence electrons. The molecule has 0 spiro atoms. The first-order chi connectivity index (χ1) is 8.47. The minimum atomic E-state index is 0.699. The zero-order valence-corrected chi connectivity index (χ0v) is 11.4. The summed E-state index contributed by atoms with van der Waals surface area (Å²) < 4.78 is 0. The summed E-state index contributed by atoms with van der Waals surface area (Å²) in [6.07, 6.45) is 16.5. The highest BCUT2D eigenvalue weighted by Gasteiger charge is 2.20. The van der Waals surface area contributed by atoms with E-state index in [4.69, 9.17) is 0 Å². The zero-order valence-electron chi connectivity index (χ0n) is 11.4. The lowest BCUT2D eigenvalue weighted by molar-refractivity contribution is 0.118. The van der Waals surface area contributed by atoms with Gasteiger partial charge in [0.25, 0.3) is 0 Å². The molecule has 0 radical (unpaired) electrons. The van der Waals surface area contributed by atoms with Gasteiger partial charge in [0.1, 0.15) is 0 Å². The Hall–Kier alpha value is -0.0800. The van der Waals surface area contributed by atoms with E-state index in [-0.39, 0.29) is 0 Å². The monoisotopic (exact) mass is 238 g/mol. The summed E-state index contributed by atoms with van der Waals surface area (Å²) in [5.74, 6) is 0. The molecule has 0 aromatic heterocycles. The van der Waals surface area contributed by atoms with Gasteiger partial charge in [-0.15, -0.1) is 0 Å². The summed E-state index contributed by atoms with van der Waals surface area (Å²) in [5.41, 5.74) is 0. The molecule has 0 aromatic rings. The Morgan fingerprint density at radius 3 is 2.00 bits per heavy atom. The highest BCUT2D eigenvalue weighted by atomic mass is 15.3. The van der Waals surface area contributed by atoms with Crippen molar-refractivity contribution in [3.05, 3.63) is 0 Å². The van der Waals surface area contributed by atoms with Gasteiger partial charge >= 0.3 is 0 Å². The molecule has 2 aliphatic rings. The zero-order chi connectivity index (χ0) is 11.8. The van der Waals surface area contributed by atoms with E-state index in [0.29, 0.717) is 6.17 Å². The van der Waals surface area contributed by atoms with E-state index in [9.17, 15) is 0 Å². The summed E-state index contributed by atoms with van der Waals surface area (Å²) >= 11 is 0. The number of hydrogen-bond donors (Lipinski definition) is 1. The molecule has 2 aliphatic heterocycles. The van der Waals surface area contributed by atoms with Gasteiger partial charge in [0.15, 0.2) is 0 Å². The summed E-state index contributed by atoms with van der Waals surface area (Å²) in [6, 6.07) is 0. The quantitative estimate of drug-likeness (QED) is 0.694. The Morgan fingerprint density at radius 2 is 1.24 bits per heavy atom. The molecule has 2 rings (SSSR count). The normalized spacial score (nSPS) is 30.7. The van der Waals surface area contributed by atoms with Gasteiger partial charge in [0, 0.05) is 6.54 Å². The van der Waals surface area contributed by atoms with Crippen molar-refractivity contribution in [3.63, 3.8) is 0 Å². The SMILES string of the molecule is C1CCCCCC2NCCCN2CCCCC1. The molecule has 0 saturated carbocycles. The predicted molar refractivity (Wildman–Crippen MR) is 74.2 cm³/mol. The molecule has 2 heteroatoms. The van der Waals surface area contributed by atoms with Crippen LogP contribution < -0.4 is 5.32 Å². The van der Waals surface area contributed by atoms with Crippen LogP contribution in [0.25, 0.3) is 0 Å². The van der Waals surface area contributed by atoms with Crippen molar-refractivity contribution in [1.82, 2.24) is 10.2 Å². The molecule has 2 fully saturated rings. The average molecular weight is 238 g/mol. The summed E-state index contributed by atoms with van der Waals surface area (Å²) in [5, 5.41) is 3.71. The Bertz CT molecular complexity index is 173. The topological polar surface area (TPSA) is 15.3 Å². The summed E-state index contributed by atoms with van der Waals surface area (Å²) in [6.45, 7) is 3.90. The van der Waals surface area contributed by atoms with Crippen LogP contribution in [0.4, 0.5) is 0 Å². The van der Waals surface area contributed by atoms with E-state index in [1.165, 1.54) is 90.3 Å². The minimum Gasteiger partial charge on any atom is -0.302 e. The van der Waals surface area contributed by atoms with Crippen molar-refractivity contribution in [1.29, 1.82) is 0 Å². The Kier molecular flexibility index (Phi) is 6.36. The van der Waals surface area contributed by atoms with Gasteiger partial charge in [-0.05, 0) is 32.4 Å².